The third-order valence-electron chi connectivity index (χ3n) is 10.2. The van der Waals surface area contributed by atoms with E-state index >= 15 is 0 Å². The summed E-state index contributed by atoms with van der Waals surface area (Å²) in [5.41, 5.74) is 12.0. The van der Waals surface area contributed by atoms with Crippen LogP contribution in [0.4, 0.5) is 17.1 Å². The van der Waals surface area contributed by atoms with E-state index in [-0.39, 0.29) is 0 Å². The number of nitrogens with zero attached hydrogens (tertiary/aromatic N) is 1. The maximum Gasteiger partial charge on any atom is 0.143 e. The number of fused-ring (bicyclic) bond motifs is 6. The molecule has 0 unspecified atom stereocenters. The van der Waals surface area contributed by atoms with Gasteiger partial charge < -0.3 is 9.32 Å². The molecule has 9 aromatic carbocycles. The predicted octanol–water partition coefficient (Wildman–Crippen LogP) is 14.4. The largest absolute Gasteiger partial charge is 0.455 e. The SMILES string of the molecule is c1ccc(-c2ccc(N(c3ccc4ccccc4c3)c3cc4c(oc5c(-c6ccccc6)ccc(-c6ccccc6)c54)c4ccccc34)cc2)cc1. The molecule has 244 valence electrons. The minimum atomic E-state index is 0.896. The van der Waals surface area contributed by atoms with Gasteiger partial charge in [0.25, 0.3) is 0 Å². The van der Waals surface area contributed by atoms with Gasteiger partial charge in [0.1, 0.15) is 11.2 Å². The van der Waals surface area contributed by atoms with E-state index in [0.717, 1.165) is 72.0 Å². The Bertz CT molecular complexity index is 2870. The molecule has 2 nitrogen and oxygen atoms in total. The van der Waals surface area contributed by atoms with Crippen LogP contribution in [-0.4, -0.2) is 0 Å². The topological polar surface area (TPSA) is 16.4 Å². The molecule has 0 N–H and O–H groups in total. The Kier molecular flexibility index (Phi) is 7.18. The molecule has 0 radical (unpaired) electrons. The molecule has 10 aromatic rings. The van der Waals surface area contributed by atoms with Gasteiger partial charge in [0.15, 0.2) is 0 Å². The minimum Gasteiger partial charge on any atom is -0.455 e. The van der Waals surface area contributed by atoms with Gasteiger partial charge in [-0.3, -0.25) is 0 Å². The van der Waals surface area contributed by atoms with Gasteiger partial charge >= 0.3 is 0 Å². The summed E-state index contributed by atoms with van der Waals surface area (Å²) in [7, 11) is 0. The van der Waals surface area contributed by atoms with E-state index in [1.807, 2.05) is 0 Å². The molecule has 0 aliphatic heterocycles. The highest BCUT2D eigenvalue weighted by atomic mass is 16.3. The molecule has 10 rings (SSSR count). The Hall–Kier alpha value is -6.90. The monoisotopic (exact) mass is 663 g/mol. The van der Waals surface area contributed by atoms with Crippen LogP contribution < -0.4 is 4.90 Å². The van der Waals surface area contributed by atoms with Gasteiger partial charge in [-0.25, -0.2) is 0 Å². The fourth-order valence-corrected chi connectivity index (χ4v) is 7.75. The van der Waals surface area contributed by atoms with Crippen molar-refractivity contribution < 1.29 is 4.42 Å². The van der Waals surface area contributed by atoms with Gasteiger partial charge in [-0.1, -0.05) is 164 Å². The first-order valence-electron chi connectivity index (χ1n) is 17.8. The van der Waals surface area contributed by atoms with Crippen molar-refractivity contribution in [1.29, 1.82) is 0 Å². The first-order chi connectivity index (χ1) is 25.8. The Morgan fingerprint density at radius 3 is 1.58 bits per heavy atom. The summed E-state index contributed by atoms with van der Waals surface area (Å²) < 4.78 is 7.06. The number of furan rings is 1. The second kappa shape index (κ2) is 12.5. The Morgan fingerprint density at radius 1 is 0.327 bits per heavy atom. The third-order valence-corrected chi connectivity index (χ3v) is 10.2. The lowest BCUT2D eigenvalue weighted by atomic mass is 9.93. The quantitative estimate of drug-likeness (QED) is 0.176. The highest BCUT2D eigenvalue weighted by molar-refractivity contribution is 6.24. The van der Waals surface area contributed by atoms with Crippen LogP contribution in [0.25, 0.3) is 76.9 Å². The maximum absolute atomic E-state index is 7.06. The van der Waals surface area contributed by atoms with Crippen molar-refractivity contribution in [3.8, 4) is 33.4 Å². The smallest absolute Gasteiger partial charge is 0.143 e. The molecular formula is C50H33NO. The highest BCUT2D eigenvalue weighted by Gasteiger charge is 2.23. The normalized spacial score (nSPS) is 11.5. The lowest BCUT2D eigenvalue weighted by molar-refractivity contribution is 0.674. The average Bonchev–Trinajstić information content (AvgIpc) is 3.62. The van der Waals surface area contributed by atoms with Crippen LogP contribution in [-0.2, 0) is 0 Å². The van der Waals surface area contributed by atoms with Gasteiger partial charge in [0, 0.05) is 38.5 Å². The number of anilines is 3. The summed E-state index contributed by atoms with van der Waals surface area (Å²) in [5, 5.41) is 6.82. The van der Waals surface area contributed by atoms with E-state index in [9.17, 15) is 0 Å². The van der Waals surface area contributed by atoms with Crippen molar-refractivity contribution in [2.75, 3.05) is 4.90 Å². The zero-order valence-electron chi connectivity index (χ0n) is 28.4. The zero-order chi connectivity index (χ0) is 34.4. The molecule has 0 aliphatic carbocycles. The summed E-state index contributed by atoms with van der Waals surface area (Å²) in [6, 6.07) is 71.6. The van der Waals surface area contributed by atoms with E-state index in [0.29, 0.717) is 0 Å². The van der Waals surface area contributed by atoms with Crippen molar-refractivity contribution in [3.63, 3.8) is 0 Å². The number of hydrogen-bond acceptors (Lipinski definition) is 2. The molecule has 2 heteroatoms. The molecule has 0 fully saturated rings. The van der Waals surface area contributed by atoms with Crippen LogP contribution in [0.5, 0.6) is 0 Å². The summed E-state index contributed by atoms with van der Waals surface area (Å²) in [6.07, 6.45) is 0. The fourth-order valence-electron chi connectivity index (χ4n) is 7.75. The van der Waals surface area contributed by atoms with E-state index < -0.39 is 0 Å². The van der Waals surface area contributed by atoms with Gasteiger partial charge in [-0.15, -0.1) is 0 Å². The van der Waals surface area contributed by atoms with Gasteiger partial charge in [0.2, 0.25) is 0 Å². The number of rotatable bonds is 6. The summed E-state index contributed by atoms with van der Waals surface area (Å²) in [6.45, 7) is 0. The summed E-state index contributed by atoms with van der Waals surface area (Å²) in [4.78, 5) is 2.41. The third kappa shape index (κ3) is 5.04. The molecular weight excluding hydrogens is 631 g/mol. The van der Waals surface area contributed by atoms with Crippen LogP contribution in [0.15, 0.2) is 205 Å². The van der Waals surface area contributed by atoms with Crippen LogP contribution in [0.3, 0.4) is 0 Å². The summed E-state index contributed by atoms with van der Waals surface area (Å²) in [5.74, 6) is 0. The highest BCUT2D eigenvalue weighted by Crippen LogP contribution is 2.48. The van der Waals surface area contributed by atoms with Crippen LogP contribution in [0.1, 0.15) is 0 Å². The molecule has 0 amide bonds. The first kappa shape index (κ1) is 30.0. The van der Waals surface area contributed by atoms with Gasteiger partial charge in [0.05, 0.1) is 5.69 Å². The molecule has 52 heavy (non-hydrogen) atoms. The average molecular weight is 664 g/mol. The van der Waals surface area contributed by atoms with Crippen molar-refractivity contribution in [2.45, 2.75) is 0 Å². The van der Waals surface area contributed by atoms with Gasteiger partial charge in [-0.2, -0.15) is 0 Å². The Morgan fingerprint density at radius 2 is 0.865 bits per heavy atom. The zero-order valence-corrected chi connectivity index (χ0v) is 28.4. The molecule has 0 saturated carbocycles. The minimum absolute atomic E-state index is 0.896. The number of benzene rings is 9. The van der Waals surface area contributed by atoms with Crippen LogP contribution >= 0.6 is 0 Å². The van der Waals surface area contributed by atoms with Gasteiger partial charge in [-0.05, 0) is 75.0 Å². The van der Waals surface area contributed by atoms with E-state index in [1.165, 1.54) is 21.9 Å². The summed E-state index contributed by atoms with van der Waals surface area (Å²) >= 11 is 0. The van der Waals surface area contributed by atoms with Crippen LogP contribution in [0.2, 0.25) is 0 Å². The second-order valence-electron chi connectivity index (χ2n) is 13.3. The maximum atomic E-state index is 7.06. The molecule has 0 atom stereocenters. The lowest BCUT2D eigenvalue weighted by Crippen LogP contribution is -2.10. The van der Waals surface area contributed by atoms with Crippen molar-refractivity contribution in [3.05, 3.63) is 200 Å². The lowest BCUT2D eigenvalue weighted by Gasteiger charge is -2.27. The Labute approximate surface area is 302 Å². The van der Waals surface area contributed by atoms with Crippen LogP contribution in [0, 0.1) is 0 Å². The molecule has 0 aliphatic rings. The van der Waals surface area contributed by atoms with Crippen molar-refractivity contribution >= 4 is 60.5 Å². The second-order valence-corrected chi connectivity index (χ2v) is 13.3. The van der Waals surface area contributed by atoms with E-state index in [1.54, 1.807) is 0 Å². The first-order valence-corrected chi connectivity index (χ1v) is 17.8. The molecule has 0 saturated heterocycles. The standard InChI is InChI=1S/C50H33NO/c1-4-14-34(15-5-1)36-24-27-40(28-25-36)51(41-29-26-35-16-10-11-21-39(35)32-41)47-33-46-48-42(37-17-6-2-7-18-37)30-31-43(38-19-8-3-9-20-38)50(48)52-49(46)45-23-13-12-22-44(45)47/h1-33H. The molecule has 1 heterocycles. The molecule has 1 aromatic heterocycles. The van der Waals surface area contributed by atoms with Crippen molar-refractivity contribution in [2.24, 2.45) is 0 Å². The molecule has 0 spiro atoms. The van der Waals surface area contributed by atoms with Crippen molar-refractivity contribution in [1.82, 2.24) is 0 Å². The Balaban J connectivity index is 1.29. The number of hydrogen-bond donors (Lipinski definition) is 0. The predicted molar refractivity (Wildman–Crippen MR) is 220 cm³/mol. The molecule has 0 bridgehead atoms. The fraction of sp³-hybridized carbons (Fsp3) is 0. The van der Waals surface area contributed by atoms with E-state index in [2.05, 4.69) is 205 Å². The van der Waals surface area contributed by atoms with E-state index in [4.69, 9.17) is 4.42 Å².